The second-order valence-electron chi connectivity index (χ2n) is 14.3. The highest BCUT2D eigenvalue weighted by molar-refractivity contribution is 9.10. The van der Waals surface area contributed by atoms with Gasteiger partial charge in [0, 0.05) is 86.9 Å². The number of carbonyl (C=O) groups is 2. The number of piperidine rings is 2. The van der Waals surface area contributed by atoms with Crippen molar-refractivity contribution in [2.24, 2.45) is 5.92 Å². The van der Waals surface area contributed by atoms with Crippen molar-refractivity contribution >= 4 is 39.3 Å². The van der Waals surface area contributed by atoms with Crippen molar-refractivity contribution in [3.05, 3.63) is 98.2 Å². The van der Waals surface area contributed by atoms with Crippen LogP contribution in [0.25, 0.3) is 0 Å². The minimum atomic E-state index is 0.131. The third kappa shape index (κ3) is 7.52. The van der Waals surface area contributed by atoms with Gasteiger partial charge in [-0.05, 0) is 107 Å². The quantitative estimate of drug-likeness (QED) is 0.288. The van der Waals surface area contributed by atoms with Gasteiger partial charge in [0.2, 0.25) is 11.8 Å². The Hall–Kier alpha value is -2.78. The molecule has 4 aliphatic rings. The summed E-state index contributed by atoms with van der Waals surface area (Å²) in [4.78, 5) is 40.1. The van der Waals surface area contributed by atoms with Crippen LogP contribution in [0.1, 0.15) is 73.0 Å². The summed E-state index contributed by atoms with van der Waals surface area (Å²) in [5.41, 5.74) is 6.46. The van der Waals surface area contributed by atoms with Crippen molar-refractivity contribution in [2.45, 2.75) is 76.4 Å². The summed E-state index contributed by atoms with van der Waals surface area (Å²) in [5.74, 6) is 0.790. The van der Waals surface area contributed by atoms with E-state index in [1.54, 1.807) is 6.92 Å². The normalized spacial score (nSPS) is 23.0. The van der Waals surface area contributed by atoms with Gasteiger partial charge in [0.25, 0.3) is 0 Å². The number of benzene rings is 2. The summed E-state index contributed by atoms with van der Waals surface area (Å²) in [6.07, 6.45) is 9.40. The molecule has 0 spiro atoms. The maximum atomic E-state index is 13.9. The summed E-state index contributed by atoms with van der Waals surface area (Å²) in [6, 6.07) is 20.1. The van der Waals surface area contributed by atoms with Crippen LogP contribution in [-0.2, 0) is 28.9 Å². The van der Waals surface area contributed by atoms with Crippen LogP contribution in [0.4, 0.5) is 0 Å². The molecule has 48 heavy (non-hydrogen) atoms. The topological polar surface area (TPSA) is 60.0 Å². The molecule has 0 bridgehead atoms. The van der Waals surface area contributed by atoms with Gasteiger partial charge in [-0.1, -0.05) is 48.0 Å². The molecule has 0 N–H and O–H groups in total. The van der Waals surface area contributed by atoms with Crippen LogP contribution >= 0.6 is 27.5 Å². The maximum absolute atomic E-state index is 13.9. The Morgan fingerprint density at radius 3 is 2.38 bits per heavy atom. The largest absolute Gasteiger partial charge is 0.343 e. The minimum Gasteiger partial charge on any atom is -0.343 e. The van der Waals surface area contributed by atoms with E-state index in [1.807, 2.05) is 17.2 Å². The Balaban J connectivity index is 1.04. The lowest BCUT2D eigenvalue weighted by Crippen LogP contribution is -2.59. The third-order valence-electron chi connectivity index (χ3n) is 11.3. The van der Waals surface area contributed by atoms with E-state index in [9.17, 15) is 9.59 Å². The van der Waals surface area contributed by atoms with Crippen molar-refractivity contribution in [2.75, 3.05) is 45.8 Å². The molecule has 4 heterocycles. The molecular formula is C39H47BrClN5O2. The Morgan fingerprint density at radius 2 is 1.62 bits per heavy atom. The monoisotopic (exact) mass is 731 g/mol. The van der Waals surface area contributed by atoms with Crippen LogP contribution in [0, 0.1) is 5.92 Å². The lowest BCUT2D eigenvalue weighted by atomic mass is 9.91. The molecular weight excluding hydrogens is 686 g/mol. The van der Waals surface area contributed by atoms with Gasteiger partial charge in [-0.3, -0.25) is 24.4 Å². The predicted molar refractivity (Wildman–Crippen MR) is 194 cm³/mol. The number of piperazine rings is 1. The Kier molecular flexibility index (Phi) is 10.5. The van der Waals surface area contributed by atoms with E-state index in [4.69, 9.17) is 16.6 Å². The van der Waals surface area contributed by atoms with Gasteiger partial charge < -0.3 is 9.80 Å². The Labute approximate surface area is 298 Å². The van der Waals surface area contributed by atoms with Crippen LogP contribution in [0.5, 0.6) is 0 Å². The van der Waals surface area contributed by atoms with Crippen molar-refractivity contribution in [1.29, 1.82) is 0 Å². The molecule has 9 heteroatoms. The summed E-state index contributed by atoms with van der Waals surface area (Å²) >= 11 is 10.1. The number of hydrogen-bond donors (Lipinski definition) is 0. The number of carbonyl (C=O) groups excluding carboxylic acids is 2. The van der Waals surface area contributed by atoms with Crippen molar-refractivity contribution in [3.8, 4) is 0 Å². The molecule has 1 aliphatic carbocycles. The fourth-order valence-electron chi connectivity index (χ4n) is 8.71. The van der Waals surface area contributed by atoms with E-state index in [0.29, 0.717) is 18.4 Å². The average molecular weight is 733 g/mol. The smallest absolute Gasteiger partial charge is 0.223 e. The lowest BCUT2D eigenvalue weighted by Gasteiger charge is -2.48. The zero-order chi connectivity index (χ0) is 33.2. The van der Waals surface area contributed by atoms with Crippen molar-refractivity contribution in [3.63, 3.8) is 0 Å². The number of rotatable bonds is 6. The second-order valence-corrected chi connectivity index (χ2v) is 15.6. The van der Waals surface area contributed by atoms with Crippen molar-refractivity contribution in [1.82, 2.24) is 24.6 Å². The van der Waals surface area contributed by atoms with Crippen molar-refractivity contribution < 1.29 is 9.59 Å². The van der Waals surface area contributed by atoms with E-state index in [1.165, 1.54) is 27.9 Å². The summed E-state index contributed by atoms with van der Waals surface area (Å²) in [6.45, 7) is 7.83. The predicted octanol–water partition coefficient (Wildman–Crippen LogP) is 6.55. The molecule has 2 aromatic carbocycles. The Bertz CT molecular complexity index is 1550. The molecule has 2 amide bonds. The van der Waals surface area contributed by atoms with Crippen LogP contribution in [0.2, 0.25) is 5.02 Å². The number of hydrogen-bond acceptors (Lipinski definition) is 5. The molecule has 7 rings (SSSR count). The number of aromatic nitrogens is 1. The van der Waals surface area contributed by atoms with Gasteiger partial charge in [0.15, 0.2) is 0 Å². The fraction of sp³-hybridized carbons (Fsp3) is 0.513. The Morgan fingerprint density at radius 1 is 0.875 bits per heavy atom. The van der Waals surface area contributed by atoms with Gasteiger partial charge in [-0.25, -0.2) is 0 Å². The number of pyridine rings is 1. The first kappa shape index (κ1) is 33.7. The van der Waals surface area contributed by atoms with Crippen LogP contribution < -0.4 is 0 Å². The zero-order valence-corrected chi connectivity index (χ0v) is 30.3. The number of nitrogens with zero attached hydrogens (tertiary/aromatic N) is 5. The minimum absolute atomic E-state index is 0.131. The SMILES string of the molecule is CC(=O)N1CCC(CC(=O)N2CCN(C3CCN(C4c5ccc(Cl)cc5CCc5cc(Br)cnc54)CC3)C[C@@H]2Cc2ccccc2)CC1. The summed E-state index contributed by atoms with van der Waals surface area (Å²) in [7, 11) is 0. The average Bonchev–Trinajstić information content (AvgIpc) is 3.25. The molecule has 1 unspecified atom stereocenters. The van der Waals surface area contributed by atoms with E-state index in [-0.39, 0.29) is 23.9 Å². The molecule has 0 radical (unpaired) electrons. The maximum Gasteiger partial charge on any atom is 0.223 e. The highest BCUT2D eigenvalue weighted by Gasteiger charge is 2.38. The van der Waals surface area contributed by atoms with Crippen LogP contribution in [0.3, 0.4) is 0 Å². The number of amides is 2. The number of fused-ring (bicyclic) bond motifs is 2. The van der Waals surface area contributed by atoms with Gasteiger partial charge in [-0.2, -0.15) is 0 Å². The van der Waals surface area contributed by atoms with Gasteiger partial charge in [0.1, 0.15) is 0 Å². The summed E-state index contributed by atoms with van der Waals surface area (Å²) < 4.78 is 1.03. The summed E-state index contributed by atoms with van der Waals surface area (Å²) in [5, 5.41) is 0.798. The molecule has 0 saturated carbocycles. The first-order chi connectivity index (χ1) is 23.3. The van der Waals surface area contributed by atoms with E-state index >= 15 is 0 Å². The fourth-order valence-corrected chi connectivity index (χ4v) is 9.28. The lowest BCUT2D eigenvalue weighted by molar-refractivity contribution is -0.138. The van der Waals surface area contributed by atoms with E-state index in [0.717, 1.165) is 100 Å². The standard InChI is InChI=1S/C39H47BrClN5O2/c1-27(47)43-15-11-29(12-16-43)22-37(48)46-20-19-45(26-35(46)21-28-5-3-2-4-6-28)34-13-17-44(18-14-34)39-36-10-9-33(41)24-30(36)7-8-31-23-32(40)25-42-38(31)39/h2-6,9-10,23-25,29,34-35,39H,7-8,11-22,26H2,1H3/t35-,39?/m0/s1. The second kappa shape index (κ2) is 15.0. The number of aryl methyl sites for hydroxylation is 2. The molecule has 1 aromatic heterocycles. The first-order valence-corrected chi connectivity index (χ1v) is 19.0. The highest BCUT2D eigenvalue weighted by atomic mass is 79.9. The van der Waals surface area contributed by atoms with Gasteiger partial charge >= 0.3 is 0 Å². The molecule has 254 valence electrons. The van der Waals surface area contributed by atoms with Gasteiger partial charge in [-0.15, -0.1) is 0 Å². The van der Waals surface area contributed by atoms with Crippen LogP contribution in [-0.4, -0.2) is 94.3 Å². The molecule has 3 aliphatic heterocycles. The molecule has 3 aromatic rings. The van der Waals surface area contributed by atoms with E-state index in [2.05, 4.69) is 79.2 Å². The first-order valence-electron chi connectivity index (χ1n) is 17.8. The third-order valence-corrected chi connectivity index (χ3v) is 12.0. The van der Waals surface area contributed by atoms with E-state index < -0.39 is 0 Å². The molecule has 3 fully saturated rings. The molecule has 2 atom stereocenters. The van der Waals surface area contributed by atoms with Gasteiger partial charge in [0.05, 0.1) is 11.7 Å². The number of halogens is 2. The zero-order valence-electron chi connectivity index (χ0n) is 28.0. The molecule has 3 saturated heterocycles. The molecule has 7 nitrogen and oxygen atoms in total. The highest BCUT2D eigenvalue weighted by Crippen LogP contribution is 2.39. The van der Waals surface area contributed by atoms with Crippen LogP contribution in [0.15, 0.2) is 65.3 Å². The number of likely N-dealkylation sites (tertiary alicyclic amines) is 2.